The standard InChI is InChI=1S/C12H10N2O2/c1-2-16-12(15)7-3-6-11-10(9-13)5-4-8-14-11/h4-5,8H,2,7H2,1H3. The van der Waals surface area contributed by atoms with E-state index in [2.05, 4.69) is 16.8 Å². The highest BCUT2D eigenvalue weighted by Crippen LogP contribution is 2.01. The normalized spacial score (nSPS) is 8.50. The molecular weight excluding hydrogens is 204 g/mol. The Morgan fingerprint density at radius 1 is 1.62 bits per heavy atom. The van der Waals surface area contributed by atoms with Crippen molar-refractivity contribution in [2.24, 2.45) is 0 Å². The zero-order valence-electron chi connectivity index (χ0n) is 8.86. The topological polar surface area (TPSA) is 63.0 Å². The van der Waals surface area contributed by atoms with Crippen LogP contribution >= 0.6 is 0 Å². The predicted molar refractivity (Wildman–Crippen MR) is 57.1 cm³/mol. The van der Waals surface area contributed by atoms with Crippen molar-refractivity contribution < 1.29 is 9.53 Å². The Bertz CT molecular complexity index is 478. The number of hydrogen-bond donors (Lipinski definition) is 0. The number of carbonyl (C=O) groups is 1. The molecule has 0 radical (unpaired) electrons. The van der Waals surface area contributed by atoms with E-state index in [0.717, 1.165) is 0 Å². The lowest BCUT2D eigenvalue weighted by molar-refractivity contribution is -0.141. The van der Waals surface area contributed by atoms with E-state index in [4.69, 9.17) is 10.00 Å². The number of hydrogen-bond acceptors (Lipinski definition) is 4. The lowest BCUT2D eigenvalue weighted by atomic mass is 10.2. The van der Waals surface area contributed by atoms with Crippen molar-refractivity contribution in [3.8, 4) is 17.9 Å². The van der Waals surface area contributed by atoms with Gasteiger partial charge in [0.1, 0.15) is 18.2 Å². The van der Waals surface area contributed by atoms with Gasteiger partial charge in [-0.25, -0.2) is 4.98 Å². The number of aromatic nitrogens is 1. The van der Waals surface area contributed by atoms with E-state index >= 15 is 0 Å². The summed E-state index contributed by atoms with van der Waals surface area (Å²) in [5.41, 5.74) is 0.785. The molecule has 0 spiro atoms. The van der Waals surface area contributed by atoms with Crippen molar-refractivity contribution in [2.75, 3.05) is 6.61 Å². The minimum Gasteiger partial charge on any atom is -0.465 e. The summed E-state index contributed by atoms with van der Waals surface area (Å²) in [6.45, 7) is 2.07. The van der Waals surface area contributed by atoms with E-state index in [0.29, 0.717) is 17.9 Å². The van der Waals surface area contributed by atoms with E-state index in [9.17, 15) is 4.79 Å². The van der Waals surface area contributed by atoms with Gasteiger partial charge in [-0.1, -0.05) is 5.92 Å². The van der Waals surface area contributed by atoms with Crippen LogP contribution in [0.2, 0.25) is 0 Å². The molecule has 1 heterocycles. The van der Waals surface area contributed by atoms with Crippen LogP contribution in [0.15, 0.2) is 18.3 Å². The second kappa shape index (κ2) is 6.21. The largest absolute Gasteiger partial charge is 0.465 e. The molecule has 4 nitrogen and oxygen atoms in total. The van der Waals surface area contributed by atoms with E-state index in [1.54, 1.807) is 25.3 Å². The fourth-order valence-corrected chi connectivity index (χ4v) is 1.01. The summed E-state index contributed by atoms with van der Waals surface area (Å²) < 4.78 is 4.71. The van der Waals surface area contributed by atoms with Crippen LogP contribution < -0.4 is 0 Å². The summed E-state index contributed by atoms with van der Waals surface area (Å²) >= 11 is 0. The first-order valence-corrected chi connectivity index (χ1v) is 4.77. The maximum absolute atomic E-state index is 11.0. The number of nitrogens with zero attached hydrogens (tertiary/aromatic N) is 2. The highest BCUT2D eigenvalue weighted by Gasteiger charge is 1.99. The highest BCUT2D eigenvalue weighted by molar-refractivity contribution is 5.72. The second-order valence-corrected chi connectivity index (χ2v) is 2.79. The molecule has 0 aromatic carbocycles. The van der Waals surface area contributed by atoms with E-state index in [-0.39, 0.29) is 12.4 Å². The Morgan fingerprint density at radius 2 is 2.44 bits per heavy atom. The highest BCUT2D eigenvalue weighted by atomic mass is 16.5. The smallest absolute Gasteiger partial charge is 0.317 e. The summed E-state index contributed by atoms with van der Waals surface area (Å²) in [4.78, 5) is 14.9. The lowest BCUT2D eigenvalue weighted by Crippen LogP contribution is -2.01. The number of pyridine rings is 1. The maximum Gasteiger partial charge on any atom is 0.317 e. The number of rotatable bonds is 2. The third kappa shape index (κ3) is 3.43. The van der Waals surface area contributed by atoms with E-state index < -0.39 is 0 Å². The first-order chi connectivity index (χ1) is 7.77. The molecule has 0 N–H and O–H groups in total. The van der Waals surface area contributed by atoms with Crippen molar-refractivity contribution in [3.63, 3.8) is 0 Å². The van der Waals surface area contributed by atoms with Gasteiger partial charge in [0.25, 0.3) is 0 Å². The van der Waals surface area contributed by atoms with Gasteiger partial charge >= 0.3 is 5.97 Å². The molecule has 1 aromatic heterocycles. The van der Waals surface area contributed by atoms with Gasteiger partial charge < -0.3 is 4.74 Å². The Hall–Kier alpha value is -2.33. The Morgan fingerprint density at radius 3 is 3.12 bits per heavy atom. The number of nitriles is 1. The van der Waals surface area contributed by atoms with Crippen LogP contribution in [0, 0.1) is 23.2 Å². The third-order valence-electron chi connectivity index (χ3n) is 1.67. The number of carbonyl (C=O) groups excluding carboxylic acids is 1. The number of ether oxygens (including phenoxy) is 1. The van der Waals surface area contributed by atoms with Crippen LogP contribution in [0.25, 0.3) is 0 Å². The van der Waals surface area contributed by atoms with Crippen LogP contribution in [0.3, 0.4) is 0 Å². The molecule has 0 aliphatic carbocycles. The molecule has 0 aliphatic heterocycles. The van der Waals surface area contributed by atoms with Crippen molar-refractivity contribution in [2.45, 2.75) is 13.3 Å². The molecular formula is C12H10N2O2. The fourth-order valence-electron chi connectivity index (χ4n) is 1.01. The first-order valence-electron chi connectivity index (χ1n) is 4.77. The van der Waals surface area contributed by atoms with Crippen LogP contribution in [-0.2, 0) is 9.53 Å². The van der Waals surface area contributed by atoms with Crippen LogP contribution in [0.1, 0.15) is 24.6 Å². The lowest BCUT2D eigenvalue weighted by Gasteiger charge is -1.95. The summed E-state index contributed by atoms with van der Waals surface area (Å²) in [6.07, 6.45) is 1.56. The molecule has 0 atom stereocenters. The molecule has 0 fully saturated rings. The SMILES string of the molecule is CCOC(=O)CC#Cc1ncccc1C#N. The monoisotopic (exact) mass is 214 g/mol. The molecule has 0 saturated carbocycles. The van der Waals surface area contributed by atoms with Gasteiger partial charge in [-0.05, 0) is 25.0 Å². The Kier molecular flexibility index (Phi) is 4.56. The van der Waals surface area contributed by atoms with Crippen molar-refractivity contribution in [3.05, 3.63) is 29.6 Å². The molecule has 0 bridgehead atoms. The molecule has 1 aromatic rings. The molecule has 0 saturated heterocycles. The van der Waals surface area contributed by atoms with Gasteiger partial charge in [-0.15, -0.1) is 0 Å². The molecule has 0 aliphatic rings. The summed E-state index contributed by atoms with van der Waals surface area (Å²) in [7, 11) is 0. The first kappa shape index (κ1) is 11.7. The predicted octanol–water partition coefficient (Wildman–Crippen LogP) is 1.26. The van der Waals surface area contributed by atoms with Gasteiger partial charge in [0.2, 0.25) is 0 Å². The van der Waals surface area contributed by atoms with Gasteiger partial charge in [0.15, 0.2) is 0 Å². The molecule has 0 amide bonds. The second-order valence-electron chi connectivity index (χ2n) is 2.79. The average molecular weight is 214 g/mol. The fraction of sp³-hybridized carbons (Fsp3) is 0.250. The molecule has 16 heavy (non-hydrogen) atoms. The van der Waals surface area contributed by atoms with Crippen LogP contribution in [0.4, 0.5) is 0 Å². The Labute approximate surface area is 93.9 Å². The molecule has 0 unspecified atom stereocenters. The minimum atomic E-state index is -0.371. The maximum atomic E-state index is 11.0. The van der Waals surface area contributed by atoms with Gasteiger partial charge in [0.05, 0.1) is 12.2 Å². The molecule has 80 valence electrons. The zero-order chi connectivity index (χ0) is 11.8. The van der Waals surface area contributed by atoms with E-state index in [1.807, 2.05) is 6.07 Å². The van der Waals surface area contributed by atoms with Crippen LogP contribution in [-0.4, -0.2) is 17.6 Å². The molecule has 4 heteroatoms. The van der Waals surface area contributed by atoms with Crippen molar-refractivity contribution in [1.29, 1.82) is 5.26 Å². The molecule has 1 rings (SSSR count). The quantitative estimate of drug-likeness (QED) is 0.549. The summed E-state index contributed by atoms with van der Waals surface area (Å²) in [6, 6.07) is 5.27. The van der Waals surface area contributed by atoms with Crippen molar-refractivity contribution >= 4 is 5.97 Å². The third-order valence-corrected chi connectivity index (χ3v) is 1.67. The van der Waals surface area contributed by atoms with Crippen molar-refractivity contribution in [1.82, 2.24) is 4.98 Å². The van der Waals surface area contributed by atoms with E-state index in [1.165, 1.54) is 0 Å². The van der Waals surface area contributed by atoms with Crippen LogP contribution in [0.5, 0.6) is 0 Å². The Balaban J connectivity index is 2.70. The summed E-state index contributed by atoms with van der Waals surface area (Å²) in [5.74, 6) is 4.92. The van der Waals surface area contributed by atoms with Gasteiger partial charge in [0, 0.05) is 6.20 Å². The average Bonchev–Trinajstić information content (AvgIpc) is 2.30. The number of esters is 1. The van der Waals surface area contributed by atoms with Gasteiger partial charge in [-0.2, -0.15) is 5.26 Å². The summed E-state index contributed by atoms with van der Waals surface area (Å²) in [5, 5.41) is 8.76. The van der Waals surface area contributed by atoms with Gasteiger partial charge in [-0.3, -0.25) is 4.79 Å². The minimum absolute atomic E-state index is 0.00921. The zero-order valence-corrected chi connectivity index (χ0v) is 8.86.